The van der Waals surface area contributed by atoms with E-state index in [2.05, 4.69) is 21.4 Å². The summed E-state index contributed by atoms with van der Waals surface area (Å²) in [7, 11) is 0. The third-order valence-electron chi connectivity index (χ3n) is 2.92. The molecule has 0 aliphatic carbocycles. The van der Waals surface area contributed by atoms with Gasteiger partial charge < -0.3 is 0 Å². The van der Waals surface area contributed by atoms with Crippen LogP contribution in [0.2, 0.25) is 10.0 Å². The average molecular weight is 360 g/mol. The number of rotatable bonds is 4. The second-order valence-corrected chi connectivity index (χ2v) is 5.88. The van der Waals surface area contributed by atoms with Gasteiger partial charge in [0.2, 0.25) is 0 Å². The molecule has 1 unspecified atom stereocenters. The zero-order valence-corrected chi connectivity index (χ0v) is 13.1. The molecule has 0 bridgehead atoms. The summed E-state index contributed by atoms with van der Waals surface area (Å²) in [6.07, 6.45) is 0.690. The summed E-state index contributed by atoms with van der Waals surface area (Å²) in [5, 5.41) is 1.42. The third kappa shape index (κ3) is 3.71. The molecule has 100 valence electrons. The van der Waals surface area contributed by atoms with Crippen LogP contribution in [-0.4, -0.2) is 0 Å². The molecule has 0 aromatic heterocycles. The van der Waals surface area contributed by atoms with Gasteiger partial charge in [-0.05, 0) is 41.8 Å². The molecular weight excluding hydrogens is 347 g/mol. The van der Waals surface area contributed by atoms with Crippen LogP contribution in [0.3, 0.4) is 0 Å². The Kier molecular flexibility index (Phi) is 5.25. The molecule has 2 aromatic rings. The first-order chi connectivity index (χ1) is 9.11. The van der Waals surface area contributed by atoms with Crippen molar-refractivity contribution in [3.05, 3.63) is 68.1 Å². The van der Waals surface area contributed by atoms with Crippen LogP contribution < -0.4 is 11.3 Å². The van der Waals surface area contributed by atoms with Crippen LogP contribution >= 0.6 is 39.1 Å². The Morgan fingerprint density at radius 2 is 1.89 bits per heavy atom. The van der Waals surface area contributed by atoms with E-state index in [-0.39, 0.29) is 6.04 Å². The maximum absolute atomic E-state index is 6.18. The molecule has 0 radical (unpaired) electrons. The predicted molar refractivity (Wildman–Crippen MR) is 84.4 cm³/mol. The fourth-order valence-corrected chi connectivity index (χ4v) is 2.84. The standard InChI is InChI=1S/C14H13BrCl2N2/c15-12-6-5-10(16)8-11(12)14(19-18)7-9-3-1-2-4-13(9)17/h1-6,8,14,19H,7,18H2. The van der Waals surface area contributed by atoms with E-state index in [1.807, 2.05) is 42.5 Å². The van der Waals surface area contributed by atoms with Gasteiger partial charge in [-0.3, -0.25) is 11.3 Å². The van der Waals surface area contributed by atoms with E-state index in [4.69, 9.17) is 29.0 Å². The molecule has 2 rings (SSSR count). The van der Waals surface area contributed by atoms with Gasteiger partial charge in [-0.1, -0.05) is 57.3 Å². The molecule has 0 saturated heterocycles. The lowest BCUT2D eigenvalue weighted by Gasteiger charge is -2.19. The molecule has 0 fully saturated rings. The van der Waals surface area contributed by atoms with Crippen LogP contribution in [0, 0.1) is 0 Å². The maximum Gasteiger partial charge on any atom is 0.0512 e. The predicted octanol–water partition coefficient (Wildman–Crippen LogP) is 4.50. The monoisotopic (exact) mass is 358 g/mol. The Labute approximate surface area is 131 Å². The van der Waals surface area contributed by atoms with Crippen LogP contribution in [0.25, 0.3) is 0 Å². The molecule has 0 aliphatic rings. The van der Waals surface area contributed by atoms with Gasteiger partial charge in [0.05, 0.1) is 6.04 Å². The molecule has 0 heterocycles. The fourth-order valence-electron chi connectivity index (χ4n) is 1.92. The first-order valence-electron chi connectivity index (χ1n) is 5.76. The number of halogens is 3. The molecular formula is C14H13BrCl2N2. The van der Waals surface area contributed by atoms with Crippen LogP contribution in [0.4, 0.5) is 0 Å². The molecule has 2 aromatic carbocycles. The van der Waals surface area contributed by atoms with E-state index < -0.39 is 0 Å². The first-order valence-corrected chi connectivity index (χ1v) is 7.31. The van der Waals surface area contributed by atoms with Crippen LogP contribution in [0.1, 0.15) is 17.2 Å². The quantitative estimate of drug-likeness (QED) is 0.622. The number of benzene rings is 2. The normalized spacial score (nSPS) is 12.4. The van der Waals surface area contributed by atoms with Gasteiger partial charge in [0, 0.05) is 14.5 Å². The highest BCUT2D eigenvalue weighted by atomic mass is 79.9. The Balaban J connectivity index is 2.30. The molecule has 1 atom stereocenters. The fraction of sp³-hybridized carbons (Fsp3) is 0.143. The van der Waals surface area contributed by atoms with E-state index in [9.17, 15) is 0 Å². The minimum atomic E-state index is -0.0621. The summed E-state index contributed by atoms with van der Waals surface area (Å²) in [5.41, 5.74) is 4.86. The Hall–Kier alpha value is -0.580. The maximum atomic E-state index is 6.18. The van der Waals surface area contributed by atoms with Crippen molar-refractivity contribution in [2.24, 2.45) is 5.84 Å². The van der Waals surface area contributed by atoms with Crippen molar-refractivity contribution in [2.75, 3.05) is 0 Å². The van der Waals surface area contributed by atoms with Crippen LogP contribution in [0.5, 0.6) is 0 Å². The van der Waals surface area contributed by atoms with Crippen molar-refractivity contribution in [1.29, 1.82) is 0 Å². The van der Waals surface area contributed by atoms with Crippen molar-refractivity contribution >= 4 is 39.1 Å². The number of hydrogen-bond donors (Lipinski definition) is 2. The van der Waals surface area contributed by atoms with Gasteiger partial charge in [-0.25, -0.2) is 0 Å². The zero-order chi connectivity index (χ0) is 13.8. The smallest absolute Gasteiger partial charge is 0.0512 e. The van der Waals surface area contributed by atoms with Crippen molar-refractivity contribution in [3.63, 3.8) is 0 Å². The van der Waals surface area contributed by atoms with E-state index in [1.165, 1.54) is 0 Å². The highest BCUT2D eigenvalue weighted by molar-refractivity contribution is 9.10. The number of nitrogens with two attached hydrogens (primary N) is 1. The summed E-state index contributed by atoms with van der Waals surface area (Å²) in [6, 6.07) is 13.3. The lowest BCUT2D eigenvalue weighted by atomic mass is 9.99. The van der Waals surface area contributed by atoms with E-state index >= 15 is 0 Å². The van der Waals surface area contributed by atoms with Crippen molar-refractivity contribution in [3.8, 4) is 0 Å². The lowest BCUT2D eigenvalue weighted by Crippen LogP contribution is -2.30. The summed E-state index contributed by atoms with van der Waals surface area (Å²) in [5.74, 6) is 5.66. The number of nitrogens with one attached hydrogen (secondary N) is 1. The molecule has 3 N–H and O–H groups in total. The molecule has 0 spiro atoms. The van der Waals surface area contributed by atoms with Gasteiger partial charge in [-0.2, -0.15) is 0 Å². The van der Waals surface area contributed by atoms with Gasteiger partial charge in [-0.15, -0.1) is 0 Å². The highest BCUT2D eigenvalue weighted by Gasteiger charge is 2.15. The molecule has 19 heavy (non-hydrogen) atoms. The highest BCUT2D eigenvalue weighted by Crippen LogP contribution is 2.30. The number of hydrogen-bond acceptors (Lipinski definition) is 2. The zero-order valence-electron chi connectivity index (χ0n) is 10.0. The van der Waals surface area contributed by atoms with Gasteiger partial charge in [0.15, 0.2) is 0 Å². The minimum Gasteiger partial charge on any atom is -0.271 e. The van der Waals surface area contributed by atoms with Gasteiger partial charge in [0.1, 0.15) is 0 Å². The van der Waals surface area contributed by atoms with Gasteiger partial charge in [0.25, 0.3) is 0 Å². The number of hydrazine groups is 1. The second-order valence-electron chi connectivity index (χ2n) is 4.18. The summed E-state index contributed by atoms with van der Waals surface area (Å²) in [6.45, 7) is 0. The first kappa shape index (κ1) is 14.8. The van der Waals surface area contributed by atoms with Crippen molar-refractivity contribution in [2.45, 2.75) is 12.5 Å². The van der Waals surface area contributed by atoms with Crippen LogP contribution in [-0.2, 0) is 6.42 Å². The molecule has 5 heteroatoms. The van der Waals surface area contributed by atoms with E-state index in [0.29, 0.717) is 11.4 Å². The van der Waals surface area contributed by atoms with E-state index in [0.717, 1.165) is 20.6 Å². The van der Waals surface area contributed by atoms with Crippen molar-refractivity contribution < 1.29 is 0 Å². The summed E-state index contributed by atoms with van der Waals surface area (Å²) >= 11 is 15.7. The van der Waals surface area contributed by atoms with Gasteiger partial charge >= 0.3 is 0 Å². The SMILES string of the molecule is NNC(Cc1ccccc1Cl)c1cc(Cl)ccc1Br. The Bertz CT molecular complexity index is 575. The molecule has 0 aliphatic heterocycles. The van der Waals surface area contributed by atoms with E-state index in [1.54, 1.807) is 0 Å². The molecule has 2 nitrogen and oxygen atoms in total. The Morgan fingerprint density at radius 1 is 1.16 bits per heavy atom. The minimum absolute atomic E-state index is 0.0621. The molecule has 0 amide bonds. The lowest BCUT2D eigenvalue weighted by molar-refractivity contribution is 0.550. The largest absolute Gasteiger partial charge is 0.271 e. The van der Waals surface area contributed by atoms with Crippen molar-refractivity contribution in [1.82, 2.24) is 5.43 Å². The summed E-state index contributed by atoms with van der Waals surface area (Å²) in [4.78, 5) is 0. The topological polar surface area (TPSA) is 38.0 Å². The second kappa shape index (κ2) is 6.73. The third-order valence-corrected chi connectivity index (χ3v) is 4.24. The average Bonchev–Trinajstić information content (AvgIpc) is 2.41. The van der Waals surface area contributed by atoms with Crippen LogP contribution in [0.15, 0.2) is 46.9 Å². The Morgan fingerprint density at radius 3 is 2.58 bits per heavy atom. The molecule has 0 saturated carbocycles. The summed E-state index contributed by atoms with van der Waals surface area (Å²) < 4.78 is 0.965.